The summed E-state index contributed by atoms with van der Waals surface area (Å²) in [6, 6.07) is 5.30. The van der Waals surface area contributed by atoms with Gasteiger partial charge < -0.3 is 15.7 Å². The molecule has 0 saturated carbocycles. The molecule has 2 rings (SSSR count). The number of aliphatic hydroxyl groups excluding tert-OH is 1. The Morgan fingerprint density at radius 3 is 2.84 bits per heavy atom. The number of hydrogen-bond donors (Lipinski definition) is 2. The average Bonchev–Trinajstić information content (AvgIpc) is 2.75. The summed E-state index contributed by atoms with van der Waals surface area (Å²) < 4.78 is 0.888. The van der Waals surface area contributed by atoms with Gasteiger partial charge in [-0.05, 0) is 32.0 Å². The second-order valence-corrected chi connectivity index (χ2v) is 6.13. The molecular weight excluding hydrogens is 262 g/mol. The van der Waals surface area contributed by atoms with E-state index in [1.54, 1.807) is 30.1 Å². The van der Waals surface area contributed by atoms with E-state index in [-0.39, 0.29) is 12.5 Å². The van der Waals surface area contributed by atoms with Crippen LogP contribution in [0.5, 0.6) is 0 Å². The second-order valence-electron chi connectivity index (χ2n) is 5.07. The van der Waals surface area contributed by atoms with Gasteiger partial charge in [0.15, 0.2) is 5.13 Å². The molecule has 0 aliphatic carbocycles. The number of rotatable bonds is 3. The molecule has 6 heteroatoms. The molecule has 0 bridgehead atoms. The topological polar surface area (TPSA) is 79.5 Å². The maximum absolute atomic E-state index is 12.4. The van der Waals surface area contributed by atoms with Crippen molar-refractivity contribution in [2.75, 3.05) is 19.4 Å². The fourth-order valence-corrected chi connectivity index (χ4v) is 2.42. The highest BCUT2D eigenvalue weighted by atomic mass is 32.1. The highest BCUT2D eigenvalue weighted by Crippen LogP contribution is 2.25. The predicted octanol–water partition coefficient (Wildman–Crippen LogP) is 1.72. The Labute approximate surface area is 115 Å². The third-order valence-electron chi connectivity index (χ3n) is 3.25. The van der Waals surface area contributed by atoms with Gasteiger partial charge in [-0.25, -0.2) is 4.98 Å². The lowest BCUT2D eigenvalue weighted by Crippen LogP contribution is -2.47. The number of fused-ring (bicyclic) bond motifs is 1. The van der Waals surface area contributed by atoms with E-state index in [1.807, 2.05) is 13.8 Å². The standard InChI is InChI=1S/C13H17N3O2S/c1-13(2,7-17)16(3)11(18)8-4-5-9-10(6-8)19-12(14)15-9/h4-6,17H,7H2,1-3H3,(H2,14,15). The van der Waals surface area contributed by atoms with Crippen molar-refractivity contribution in [2.24, 2.45) is 0 Å². The van der Waals surface area contributed by atoms with E-state index < -0.39 is 5.54 Å². The number of nitrogens with zero attached hydrogens (tertiary/aromatic N) is 2. The summed E-state index contributed by atoms with van der Waals surface area (Å²) in [6.07, 6.45) is 0. The number of amides is 1. The number of aromatic nitrogens is 1. The van der Waals surface area contributed by atoms with Gasteiger partial charge in [-0.3, -0.25) is 4.79 Å². The van der Waals surface area contributed by atoms with Crippen molar-refractivity contribution in [2.45, 2.75) is 19.4 Å². The number of benzene rings is 1. The van der Waals surface area contributed by atoms with E-state index >= 15 is 0 Å². The Morgan fingerprint density at radius 1 is 1.53 bits per heavy atom. The number of aliphatic hydroxyl groups is 1. The van der Waals surface area contributed by atoms with Gasteiger partial charge in [0.05, 0.1) is 22.4 Å². The minimum absolute atomic E-state index is 0.0923. The van der Waals surface area contributed by atoms with Crippen LogP contribution in [0.15, 0.2) is 18.2 Å². The minimum atomic E-state index is -0.598. The van der Waals surface area contributed by atoms with Crippen LogP contribution in [0.4, 0.5) is 5.13 Å². The van der Waals surface area contributed by atoms with Crippen molar-refractivity contribution in [3.8, 4) is 0 Å². The van der Waals surface area contributed by atoms with Crippen LogP contribution in [0.1, 0.15) is 24.2 Å². The zero-order valence-electron chi connectivity index (χ0n) is 11.2. The number of likely N-dealkylation sites (N-methyl/N-ethyl adjacent to an activating group) is 1. The van der Waals surface area contributed by atoms with E-state index in [1.165, 1.54) is 11.3 Å². The Morgan fingerprint density at radius 2 is 2.21 bits per heavy atom. The molecule has 1 aromatic heterocycles. The molecule has 0 fully saturated rings. The first-order valence-corrected chi connectivity index (χ1v) is 6.72. The van der Waals surface area contributed by atoms with E-state index in [0.29, 0.717) is 10.7 Å². The fraction of sp³-hybridized carbons (Fsp3) is 0.385. The molecule has 2 aromatic rings. The van der Waals surface area contributed by atoms with Crippen LogP contribution in [0.25, 0.3) is 10.2 Å². The predicted molar refractivity (Wildman–Crippen MR) is 77.3 cm³/mol. The molecule has 0 aliphatic rings. The highest BCUT2D eigenvalue weighted by molar-refractivity contribution is 7.22. The Balaban J connectivity index is 2.36. The summed E-state index contributed by atoms with van der Waals surface area (Å²) in [7, 11) is 1.68. The monoisotopic (exact) mass is 279 g/mol. The lowest BCUT2D eigenvalue weighted by atomic mass is 10.0. The maximum Gasteiger partial charge on any atom is 0.254 e. The van der Waals surface area contributed by atoms with Gasteiger partial charge in [-0.1, -0.05) is 11.3 Å². The Hall–Kier alpha value is -1.66. The molecule has 0 atom stereocenters. The van der Waals surface area contributed by atoms with Gasteiger partial charge in [0.2, 0.25) is 0 Å². The third-order valence-corrected chi connectivity index (χ3v) is 4.10. The number of carbonyl (C=O) groups excluding carboxylic acids is 1. The molecule has 1 aromatic carbocycles. The number of carbonyl (C=O) groups is 1. The number of anilines is 1. The van der Waals surface area contributed by atoms with Gasteiger partial charge in [0.25, 0.3) is 5.91 Å². The van der Waals surface area contributed by atoms with Crippen LogP contribution in [-0.4, -0.2) is 40.1 Å². The van der Waals surface area contributed by atoms with Crippen molar-refractivity contribution in [1.82, 2.24) is 9.88 Å². The molecular formula is C13H17N3O2S. The van der Waals surface area contributed by atoms with Gasteiger partial charge in [0.1, 0.15) is 0 Å². The van der Waals surface area contributed by atoms with Crippen LogP contribution < -0.4 is 5.73 Å². The summed E-state index contributed by atoms with van der Waals surface area (Å²) >= 11 is 1.36. The van der Waals surface area contributed by atoms with Gasteiger partial charge in [0, 0.05) is 12.6 Å². The molecule has 102 valence electrons. The van der Waals surface area contributed by atoms with Gasteiger partial charge in [-0.15, -0.1) is 0 Å². The summed E-state index contributed by atoms with van der Waals surface area (Å²) in [6.45, 7) is 3.53. The van der Waals surface area contributed by atoms with Crippen molar-refractivity contribution in [1.29, 1.82) is 0 Å². The van der Waals surface area contributed by atoms with Crippen molar-refractivity contribution < 1.29 is 9.90 Å². The van der Waals surface area contributed by atoms with Crippen LogP contribution in [-0.2, 0) is 0 Å². The van der Waals surface area contributed by atoms with Gasteiger partial charge >= 0.3 is 0 Å². The average molecular weight is 279 g/mol. The Kier molecular flexibility index (Phi) is 3.47. The van der Waals surface area contributed by atoms with E-state index in [0.717, 1.165) is 10.2 Å². The minimum Gasteiger partial charge on any atom is -0.394 e. The normalized spacial score (nSPS) is 11.8. The van der Waals surface area contributed by atoms with E-state index in [4.69, 9.17) is 5.73 Å². The largest absolute Gasteiger partial charge is 0.394 e. The molecule has 3 N–H and O–H groups in total. The van der Waals surface area contributed by atoms with E-state index in [9.17, 15) is 9.90 Å². The second kappa shape index (κ2) is 4.79. The zero-order valence-corrected chi connectivity index (χ0v) is 12.0. The number of nitrogens with two attached hydrogens (primary N) is 1. The lowest BCUT2D eigenvalue weighted by molar-refractivity contribution is 0.0473. The summed E-state index contributed by atoms with van der Waals surface area (Å²) in [5, 5.41) is 9.81. The van der Waals surface area contributed by atoms with Crippen LogP contribution in [0, 0.1) is 0 Å². The quantitative estimate of drug-likeness (QED) is 0.896. The summed E-state index contributed by atoms with van der Waals surface area (Å²) in [5.41, 5.74) is 6.41. The van der Waals surface area contributed by atoms with Crippen LogP contribution >= 0.6 is 11.3 Å². The molecule has 0 saturated heterocycles. The number of nitrogen functional groups attached to an aromatic ring is 1. The third kappa shape index (κ3) is 2.54. The first-order valence-electron chi connectivity index (χ1n) is 5.90. The van der Waals surface area contributed by atoms with Gasteiger partial charge in [-0.2, -0.15) is 0 Å². The number of thiazole rings is 1. The molecule has 1 amide bonds. The highest BCUT2D eigenvalue weighted by Gasteiger charge is 2.27. The maximum atomic E-state index is 12.4. The van der Waals surface area contributed by atoms with Crippen molar-refractivity contribution >= 4 is 32.6 Å². The molecule has 5 nitrogen and oxygen atoms in total. The van der Waals surface area contributed by atoms with Crippen molar-refractivity contribution in [3.05, 3.63) is 23.8 Å². The summed E-state index contributed by atoms with van der Waals surface area (Å²) in [5.74, 6) is -0.132. The smallest absolute Gasteiger partial charge is 0.254 e. The van der Waals surface area contributed by atoms with Crippen LogP contribution in [0.3, 0.4) is 0 Å². The van der Waals surface area contributed by atoms with E-state index in [2.05, 4.69) is 4.98 Å². The first-order chi connectivity index (χ1) is 8.85. The zero-order chi connectivity index (χ0) is 14.2. The molecule has 0 spiro atoms. The lowest BCUT2D eigenvalue weighted by Gasteiger charge is -2.34. The van der Waals surface area contributed by atoms with Crippen LogP contribution in [0.2, 0.25) is 0 Å². The summed E-state index contributed by atoms with van der Waals surface area (Å²) in [4.78, 5) is 18.1. The molecule has 1 heterocycles. The molecule has 0 unspecified atom stereocenters. The molecule has 19 heavy (non-hydrogen) atoms. The first kappa shape index (κ1) is 13.8. The molecule has 0 radical (unpaired) electrons. The fourth-order valence-electron chi connectivity index (χ4n) is 1.65. The molecule has 0 aliphatic heterocycles. The SMILES string of the molecule is CN(C(=O)c1ccc2nc(N)sc2c1)C(C)(C)CO. The Bertz CT molecular complexity index is 621. The van der Waals surface area contributed by atoms with Crippen molar-refractivity contribution in [3.63, 3.8) is 0 Å². The number of hydrogen-bond acceptors (Lipinski definition) is 5.